The van der Waals surface area contributed by atoms with E-state index in [9.17, 15) is 0 Å². The maximum absolute atomic E-state index is 4.44. The Labute approximate surface area is 108 Å². The van der Waals surface area contributed by atoms with E-state index in [1.165, 1.54) is 24.3 Å². The molecule has 1 aromatic heterocycles. The fourth-order valence-electron chi connectivity index (χ4n) is 2.81. The highest BCUT2D eigenvalue weighted by molar-refractivity contribution is 7.11. The molecule has 1 aliphatic rings. The van der Waals surface area contributed by atoms with Gasteiger partial charge in [-0.2, -0.15) is 0 Å². The molecule has 0 radical (unpaired) electrons. The van der Waals surface area contributed by atoms with Crippen LogP contribution in [0.2, 0.25) is 0 Å². The Morgan fingerprint density at radius 3 is 2.76 bits per heavy atom. The lowest BCUT2D eigenvalue weighted by Gasteiger charge is -2.24. The molecule has 1 heterocycles. The molecular weight excluding hydrogens is 230 g/mol. The minimum Gasteiger partial charge on any atom is -0.311 e. The highest BCUT2D eigenvalue weighted by Gasteiger charge is 2.37. The molecule has 0 bridgehead atoms. The Kier molecular flexibility index (Phi) is 3.83. The van der Waals surface area contributed by atoms with Crippen LogP contribution in [-0.4, -0.2) is 17.2 Å². The summed E-state index contributed by atoms with van der Waals surface area (Å²) in [6, 6.07) is 0.366. The van der Waals surface area contributed by atoms with E-state index in [-0.39, 0.29) is 0 Å². The van der Waals surface area contributed by atoms with Gasteiger partial charge in [0.05, 0.1) is 6.04 Å². The van der Waals surface area contributed by atoms with Crippen LogP contribution in [0, 0.1) is 5.41 Å². The van der Waals surface area contributed by atoms with Crippen LogP contribution in [0.15, 0.2) is 0 Å². The van der Waals surface area contributed by atoms with Crippen molar-refractivity contribution >= 4 is 11.3 Å². The lowest BCUT2D eigenvalue weighted by atomic mass is 9.82. The topological polar surface area (TPSA) is 37.8 Å². The summed E-state index contributed by atoms with van der Waals surface area (Å²) in [6.45, 7) is 6.91. The van der Waals surface area contributed by atoms with E-state index in [0.29, 0.717) is 17.4 Å². The summed E-state index contributed by atoms with van der Waals surface area (Å²) in [5, 5.41) is 14.5. The van der Waals surface area contributed by atoms with Crippen LogP contribution in [0.4, 0.5) is 0 Å². The SMILES string of the molecule is CCC(NC)c1nnc(C2CCCC2(C)C)s1. The van der Waals surface area contributed by atoms with Gasteiger partial charge in [0, 0.05) is 5.92 Å². The van der Waals surface area contributed by atoms with Crippen molar-refractivity contribution < 1.29 is 0 Å². The second kappa shape index (κ2) is 5.02. The van der Waals surface area contributed by atoms with Crippen LogP contribution in [0.3, 0.4) is 0 Å². The molecule has 2 atom stereocenters. The molecule has 0 amide bonds. The summed E-state index contributed by atoms with van der Waals surface area (Å²) in [7, 11) is 1.99. The van der Waals surface area contributed by atoms with Gasteiger partial charge in [-0.3, -0.25) is 0 Å². The van der Waals surface area contributed by atoms with Gasteiger partial charge in [0.2, 0.25) is 0 Å². The van der Waals surface area contributed by atoms with Crippen molar-refractivity contribution in [2.45, 2.75) is 58.4 Å². The number of hydrogen-bond acceptors (Lipinski definition) is 4. The molecule has 3 nitrogen and oxygen atoms in total. The lowest BCUT2D eigenvalue weighted by molar-refractivity contribution is 0.330. The Hall–Kier alpha value is -0.480. The summed E-state index contributed by atoms with van der Waals surface area (Å²) >= 11 is 1.80. The molecule has 1 N–H and O–H groups in total. The highest BCUT2D eigenvalue weighted by atomic mass is 32.1. The molecule has 17 heavy (non-hydrogen) atoms. The van der Waals surface area contributed by atoms with E-state index < -0.39 is 0 Å². The van der Waals surface area contributed by atoms with Crippen molar-refractivity contribution in [3.05, 3.63) is 10.0 Å². The second-order valence-corrected chi connectivity index (χ2v) is 6.70. The molecule has 96 valence electrons. The minimum atomic E-state index is 0.366. The van der Waals surface area contributed by atoms with Gasteiger partial charge in [0.25, 0.3) is 0 Å². The van der Waals surface area contributed by atoms with Gasteiger partial charge in [0.15, 0.2) is 0 Å². The second-order valence-electron chi connectivity index (χ2n) is 5.66. The van der Waals surface area contributed by atoms with Gasteiger partial charge in [-0.15, -0.1) is 10.2 Å². The summed E-state index contributed by atoms with van der Waals surface area (Å²) in [6.07, 6.45) is 4.99. The van der Waals surface area contributed by atoms with E-state index in [1.54, 1.807) is 11.3 Å². The number of aromatic nitrogens is 2. The van der Waals surface area contributed by atoms with Crippen LogP contribution < -0.4 is 5.32 Å². The molecule has 2 rings (SSSR count). The first-order valence-corrected chi connectivity index (χ1v) is 7.40. The average Bonchev–Trinajstić information content (AvgIpc) is 2.86. The first kappa shape index (κ1) is 13.0. The minimum absolute atomic E-state index is 0.366. The average molecular weight is 253 g/mol. The fraction of sp³-hybridized carbons (Fsp3) is 0.846. The van der Waals surface area contributed by atoms with E-state index >= 15 is 0 Å². The van der Waals surface area contributed by atoms with E-state index in [1.807, 2.05) is 7.05 Å². The predicted molar refractivity (Wildman–Crippen MR) is 72.4 cm³/mol. The summed E-state index contributed by atoms with van der Waals surface area (Å²) in [4.78, 5) is 0. The lowest BCUT2D eigenvalue weighted by Crippen LogP contribution is -2.15. The van der Waals surface area contributed by atoms with Crippen LogP contribution in [-0.2, 0) is 0 Å². The third-order valence-corrected chi connectivity index (χ3v) is 5.22. The number of rotatable bonds is 4. The van der Waals surface area contributed by atoms with Crippen LogP contribution in [0.25, 0.3) is 0 Å². The van der Waals surface area contributed by atoms with Crippen molar-refractivity contribution in [3.63, 3.8) is 0 Å². The zero-order valence-electron chi connectivity index (χ0n) is 11.3. The van der Waals surface area contributed by atoms with E-state index in [2.05, 4.69) is 36.3 Å². The first-order chi connectivity index (χ1) is 8.08. The third-order valence-electron chi connectivity index (χ3n) is 4.07. The summed E-state index contributed by atoms with van der Waals surface area (Å²) < 4.78 is 0. The predicted octanol–water partition coefficient (Wildman–Crippen LogP) is 3.50. The Balaban J connectivity index is 2.18. The molecule has 1 aromatic rings. The first-order valence-electron chi connectivity index (χ1n) is 6.59. The zero-order valence-corrected chi connectivity index (χ0v) is 12.1. The smallest absolute Gasteiger partial charge is 0.134 e. The molecule has 0 aliphatic heterocycles. The molecule has 1 fully saturated rings. The number of nitrogens with one attached hydrogen (secondary N) is 1. The Bertz CT molecular complexity index is 368. The zero-order chi connectivity index (χ0) is 12.5. The Morgan fingerprint density at radius 2 is 2.24 bits per heavy atom. The molecule has 0 saturated heterocycles. The molecule has 0 aromatic carbocycles. The van der Waals surface area contributed by atoms with Gasteiger partial charge in [-0.05, 0) is 31.7 Å². The molecule has 0 spiro atoms. The third kappa shape index (κ3) is 2.52. The fourth-order valence-corrected chi connectivity index (χ4v) is 4.20. The van der Waals surface area contributed by atoms with E-state index in [4.69, 9.17) is 0 Å². The standard InChI is InChI=1S/C13H23N3S/c1-5-10(14-4)12-16-15-11(17-12)9-7-6-8-13(9,2)3/h9-10,14H,5-8H2,1-4H3. The van der Waals surface area contributed by atoms with Crippen LogP contribution in [0.1, 0.15) is 68.4 Å². The van der Waals surface area contributed by atoms with E-state index in [0.717, 1.165) is 11.4 Å². The molecule has 1 saturated carbocycles. The van der Waals surface area contributed by atoms with Crippen molar-refractivity contribution in [1.82, 2.24) is 15.5 Å². The van der Waals surface area contributed by atoms with Crippen LogP contribution >= 0.6 is 11.3 Å². The quantitative estimate of drug-likeness (QED) is 0.892. The van der Waals surface area contributed by atoms with Gasteiger partial charge >= 0.3 is 0 Å². The summed E-state index contributed by atoms with van der Waals surface area (Å²) in [5.74, 6) is 0.614. The monoisotopic (exact) mass is 253 g/mol. The van der Waals surface area contributed by atoms with Crippen molar-refractivity contribution in [2.24, 2.45) is 5.41 Å². The number of hydrogen-bond donors (Lipinski definition) is 1. The van der Waals surface area contributed by atoms with Gasteiger partial charge in [-0.25, -0.2) is 0 Å². The normalized spacial score (nSPS) is 25.1. The van der Waals surface area contributed by atoms with Crippen molar-refractivity contribution in [2.75, 3.05) is 7.05 Å². The largest absolute Gasteiger partial charge is 0.311 e. The maximum Gasteiger partial charge on any atom is 0.134 e. The summed E-state index contributed by atoms with van der Waals surface area (Å²) in [5.41, 5.74) is 0.401. The van der Waals surface area contributed by atoms with Crippen molar-refractivity contribution in [3.8, 4) is 0 Å². The van der Waals surface area contributed by atoms with Crippen LogP contribution in [0.5, 0.6) is 0 Å². The number of nitrogens with zero attached hydrogens (tertiary/aromatic N) is 2. The van der Waals surface area contributed by atoms with Gasteiger partial charge < -0.3 is 5.32 Å². The maximum atomic E-state index is 4.44. The Morgan fingerprint density at radius 1 is 1.47 bits per heavy atom. The molecule has 4 heteroatoms. The highest BCUT2D eigenvalue weighted by Crippen LogP contribution is 2.49. The molecule has 2 unspecified atom stereocenters. The van der Waals surface area contributed by atoms with Gasteiger partial charge in [-0.1, -0.05) is 38.5 Å². The molecule has 1 aliphatic carbocycles. The van der Waals surface area contributed by atoms with Crippen molar-refractivity contribution in [1.29, 1.82) is 0 Å². The molecular formula is C13H23N3S. The van der Waals surface area contributed by atoms with Gasteiger partial charge in [0.1, 0.15) is 10.0 Å².